The zero-order valence-corrected chi connectivity index (χ0v) is 38.1. The molecule has 0 spiro atoms. The number of halogens is 1. The first-order valence-electron chi connectivity index (χ1n) is 20.0. The summed E-state index contributed by atoms with van der Waals surface area (Å²) in [5.74, 6) is 3.84. The van der Waals surface area contributed by atoms with E-state index in [4.69, 9.17) is 11.6 Å². The van der Waals surface area contributed by atoms with Crippen molar-refractivity contribution in [3.63, 3.8) is 0 Å². The Morgan fingerprint density at radius 2 is 0.538 bits per heavy atom. The van der Waals surface area contributed by atoms with Gasteiger partial charge in [-0.1, -0.05) is 143 Å². The van der Waals surface area contributed by atoms with Crippen molar-refractivity contribution < 1.29 is 0 Å². The van der Waals surface area contributed by atoms with E-state index in [1.54, 1.807) is 30.5 Å². The molecular weight excluding hydrogens is 844 g/mol. The average molecular weight is 891 g/mol. The molecule has 0 N–H and O–H groups in total. The normalized spacial score (nSPS) is 10.3. The molecule has 5 heterocycles. The fraction of sp³-hybridized carbons (Fsp3) is 0.205. The van der Waals surface area contributed by atoms with Crippen LogP contribution < -0.4 is 0 Å². The topological polar surface area (TPSA) is 218 Å². The maximum absolute atomic E-state index is 5.98. The summed E-state index contributed by atoms with van der Waals surface area (Å²) in [5.41, 5.74) is 9.94. The quantitative estimate of drug-likeness (QED) is 0.186. The second kappa shape index (κ2) is 22.2. The molecule has 0 atom stereocenters. The van der Waals surface area contributed by atoms with Crippen molar-refractivity contribution in [3.05, 3.63) is 149 Å². The van der Waals surface area contributed by atoms with Gasteiger partial charge in [-0.15, -0.1) is 25.5 Å². The van der Waals surface area contributed by atoms with E-state index < -0.39 is 0 Å². The van der Waals surface area contributed by atoms with Crippen molar-refractivity contribution in [2.45, 2.75) is 27.7 Å². The Kier molecular flexibility index (Phi) is 15.8. The number of aromatic nitrogens is 20. The minimum Gasteiger partial charge on any atom is -0.229 e. The highest BCUT2D eigenvalue weighted by Gasteiger charge is 2.09. The fourth-order valence-corrected chi connectivity index (χ4v) is 6.03. The van der Waals surface area contributed by atoms with Crippen molar-refractivity contribution in [1.29, 1.82) is 0 Å². The monoisotopic (exact) mass is 890 g/mol. The first-order valence-corrected chi connectivity index (χ1v) is 20.4. The molecule has 0 fully saturated rings. The van der Waals surface area contributed by atoms with Crippen LogP contribution in [0.25, 0.3) is 56.9 Å². The second-order valence-corrected chi connectivity index (χ2v) is 15.0. The summed E-state index contributed by atoms with van der Waals surface area (Å²) in [7, 11) is 9.09. The Bertz CT molecular complexity index is 2660. The van der Waals surface area contributed by atoms with Crippen LogP contribution in [0.3, 0.4) is 0 Å². The van der Waals surface area contributed by atoms with E-state index in [1.165, 1.54) is 22.3 Å². The predicted octanol–water partition coefficient (Wildman–Crippen LogP) is 6.27. The van der Waals surface area contributed by atoms with Gasteiger partial charge in [-0.2, -0.15) is 0 Å². The molecule has 0 aliphatic heterocycles. The Labute approximate surface area is 379 Å². The Balaban J connectivity index is 0.000000135. The van der Waals surface area contributed by atoms with Gasteiger partial charge in [0.1, 0.15) is 0 Å². The minimum absolute atomic E-state index is 0.653. The first kappa shape index (κ1) is 46.2. The van der Waals surface area contributed by atoms with Gasteiger partial charge in [0.05, 0.1) is 5.02 Å². The van der Waals surface area contributed by atoms with Crippen LogP contribution in [-0.4, -0.2) is 101 Å². The Morgan fingerprint density at radius 1 is 0.308 bits per heavy atom. The molecule has 10 rings (SSSR count). The van der Waals surface area contributed by atoms with E-state index in [0.29, 0.717) is 10.8 Å². The lowest BCUT2D eigenvalue weighted by molar-refractivity contribution is 0.714. The van der Waals surface area contributed by atoms with Crippen LogP contribution in [0.1, 0.15) is 22.3 Å². The van der Waals surface area contributed by atoms with Crippen LogP contribution in [0.4, 0.5) is 0 Å². The highest BCUT2D eigenvalue weighted by molar-refractivity contribution is 6.33. The number of hydrogen-bond acceptors (Lipinski definition) is 15. The van der Waals surface area contributed by atoms with Gasteiger partial charge in [-0.05, 0) is 92.0 Å². The van der Waals surface area contributed by atoms with Crippen LogP contribution >= 0.6 is 11.6 Å². The van der Waals surface area contributed by atoms with Gasteiger partial charge in [0.25, 0.3) is 0 Å². The molecule has 20 nitrogen and oxygen atoms in total. The van der Waals surface area contributed by atoms with Crippen molar-refractivity contribution >= 4 is 11.6 Å². The summed E-state index contributed by atoms with van der Waals surface area (Å²) >= 11 is 5.98. The first-order chi connectivity index (χ1) is 31.4. The molecular formula is C44H47ClN20. The van der Waals surface area contributed by atoms with Crippen LogP contribution in [0.2, 0.25) is 5.02 Å². The van der Waals surface area contributed by atoms with Gasteiger partial charge in [0.15, 0.2) is 29.1 Å². The number of nitrogens with zero attached hydrogens (tertiary/aromatic N) is 20. The zero-order valence-electron chi connectivity index (χ0n) is 37.4. The van der Waals surface area contributed by atoms with E-state index in [2.05, 4.69) is 105 Å². The SMILES string of the molecule is Cc1ccc(-c2nnnn2C)cc1.Cc1ccc(-c2nnnn2C)cc1.Cc1ccc(-c2nnnn2C)cc1.Cc1ccc(-c2nnnn2C)cc1.Cn1nnnc1-c1ccccc1Cl. The lowest BCUT2D eigenvalue weighted by Gasteiger charge is -2.00. The molecule has 21 heteroatoms. The number of tetrazole rings is 5. The molecule has 0 radical (unpaired) electrons. The summed E-state index contributed by atoms with van der Waals surface area (Å²) < 4.78 is 8.21. The molecule has 0 saturated carbocycles. The Hall–Kier alpha value is -8.26. The zero-order chi connectivity index (χ0) is 46.3. The third-order valence-corrected chi connectivity index (χ3v) is 9.78. The molecule has 0 saturated heterocycles. The third-order valence-electron chi connectivity index (χ3n) is 9.45. The number of benzene rings is 5. The third kappa shape index (κ3) is 12.7. The summed E-state index contributed by atoms with van der Waals surface area (Å²) in [6.07, 6.45) is 0. The Morgan fingerprint density at radius 3 is 0.754 bits per heavy atom. The van der Waals surface area contributed by atoms with Gasteiger partial charge in [0.2, 0.25) is 0 Å². The fourth-order valence-electron chi connectivity index (χ4n) is 5.81. The summed E-state index contributed by atoms with van der Waals surface area (Å²) in [4.78, 5) is 0. The van der Waals surface area contributed by atoms with Crippen LogP contribution in [-0.2, 0) is 35.2 Å². The van der Waals surface area contributed by atoms with Gasteiger partial charge in [-0.3, -0.25) is 0 Å². The lowest BCUT2D eigenvalue weighted by Crippen LogP contribution is -1.94. The van der Waals surface area contributed by atoms with Gasteiger partial charge in [0, 0.05) is 63.1 Å². The summed E-state index contributed by atoms with van der Waals surface area (Å²) in [6, 6.07) is 39.9. The number of aryl methyl sites for hydroxylation is 9. The van der Waals surface area contributed by atoms with Crippen molar-refractivity contribution in [1.82, 2.24) is 101 Å². The maximum atomic E-state index is 5.98. The molecule has 5 aromatic heterocycles. The summed E-state index contributed by atoms with van der Waals surface area (Å²) in [6.45, 7) is 8.22. The molecule has 0 amide bonds. The predicted molar refractivity (Wildman–Crippen MR) is 245 cm³/mol. The summed E-state index contributed by atoms with van der Waals surface area (Å²) in [5, 5.41) is 56.9. The van der Waals surface area contributed by atoms with E-state index in [0.717, 1.165) is 51.1 Å². The van der Waals surface area contributed by atoms with Crippen molar-refractivity contribution in [2.75, 3.05) is 0 Å². The molecule has 330 valence electrons. The average Bonchev–Trinajstić information content (AvgIpc) is 4.18. The van der Waals surface area contributed by atoms with E-state index in [-0.39, 0.29) is 0 Å². The highest BCUT2D eigenvalue weighted by atomic mass is 35.5. The maximum Gasteiger partial charge on any atom is 0.183 e. The van der Waals surface area contributed by atoms with E-state index in [9.17, 15) is 0 Å². The molecule has 5 aromatic carbocycles. The van der Waals surface area contributed by atoms with Crippen LogP contribution in [0, 0.1) is 27.7 Å². The van der Waals surface area contributed by atoms with E-state index in [1.807, 2.05) is 150 Å². The largest absolute Gasteiger partial charge is 0.229 e. The van der Waals surface area contributed by atoms with Gasteiger partial charge in [-0.25, -0.2) is 23.4 Å². The smallest absolute Gasteiger partial charge is 0.183 e. The van der Waals surface area contributed by atoms with Gasteiger partial charge < -0.3 is 0 Å². The standard InChI is InChI=1S/4C9H10N4.C8H7ClN4/c4*1-7-3-5-8(6-4-7)9-10-11-12-13(9)2;1-13-8(10-11-12-13)6-4-2-3-5-7(6)9/h4*3-6H,1-2H3;2-5H,1H3. The van der Waals surface area contributed by atoms with Crippen LogP contribution in [0.15, 0.2) is 121 Å². The van der Waals surface area contributed by atoms with Crippen molar-refractivity contribution in [2.24, 2.45) is 35.2 Å². The highest BCUT2D eigenvalue weighted by Crippen LogP contribution is 2.24. The second-order valence-electron chi connectivity index (χ2n) is 14.6. The van der Waals surface area contributed by atoms with Crippen molar-refractivity contribution in [3.8, 4) is 56.9 Å². The number of rotatable bonds is 5. The molecule has 0 aliphatic rings. The molecule has 0 aliphatic carbocycles. The minimum atomic E-state index is 0.653. The van der Waals surface area contributed by atoms with Crippen LogP contribution in [0.5, 0.6) is 0 Å². The molecule has 0 unspecified atom stereocenters. The lowest BCUT2D eigenvalue weighted by atomic mass is 10.1. The molecule has 65 heavy (non-hydrogen) atoms. The number of hydrogen-bond donors (Lipinski definition) is 0. The van der Waals surface area contributed by atoms with E-state index >= 15 is 0 Å². The van der Waals surface area contributed by atoms with Gasteiger partial charge >= 0.3 is 0 Å². The molecule has 0 bridgehead atoms. The molecule has 10 aromatic rings.